The molecule has 55 heavy (non-hydrogen) atoms. The Kier molecular flexibility index (Phi) is 18.8. The normalized spacial score (nSPS) is 13.7. The number of carboxylic acids is 1. The number of aromatic nitrogens is 2. The Bertz CT molecular complexity index is 1760. The first-order valence-electron chi connectivity index (χ1n) is 18.4. The number of carbonyl (C=O) groups is 5. The van der Waals surface area contributed by atoms with E-state index < -0.39 is 41.7 Å². The maximum absolute atomic E-state index is 14.0. The molecule has 0 radical (unpaired) electrons. The van der Waals surface area contributed by atoms with Crippen molar-refractivity contribution in [3.63, 3.8) is 0 Å². The van der Waals surface area contributed by atoms with Gasteiger partial charge in [0.15, 0.2) is 23.2 Å². The highest BCUT2D eigenvalue weighted by Gasteiger charge is 2.34. The highest BCUT2D eigenvalue weighted by Crippen LogP contribution is 2.23. The van der Waals surface area contributed by atoms with Crippen LogP contribution >= 0.6 is 11.6 Å². The summed E-state index contributed by atoms with van der Waals surface area (Å²) in [4.78, 5) is 71.4. The molecule has 1 heterocycles. The lowest BCUT2D eigenvalue weighted by atomic mass is 9.85. The summed E-state index contributed by atoms with van der Waals surface area (Å²) in [5.41, 5.74) is 13.3. The number of nitrogens with two attached hydrogens (primary N) is 2. The summed E-state index contributed by atoms with van der Waals surface area (Å²) < 4.78 is 1.60. The van der Waals surface area contributed by atoms with Gasteiger partial charge in [0.1, 0.15) is 0 Å². The smallest absolute Gasteiger partial charge is 0.307 e. The number of rotatable bonds is 22. The average molecular weight is 780 g/mol. The third-order valence-electron chi connectivity index (χ3n) is 9.38. The van der Waals surface area contributed by atoms with Crippen LogP contribution in [0.2, 0.25) is 5.02 Å². The van der Waals surface area contributed by atoms with Gasteiger partial charge in [-0.3, -0.25) is 29.0 Å². The van der Waals surface area contributed by atoms with Gasteiger partial charge in [0.25, 0.3) is 5.91 Å². The standard InChI is InChI=1S/C40H54ClN7O6.CH4/c1-6-25(4)36(35(50)23-29(39(53)54)21-27-11-8-7-9-12-27)46-37(51)28(19-24(2)3)22-34(49)32(13-10-18-44-40(42)43)45-38(52)33-20-26(5)48(47-33)31-16-14-30(41)15-17-31;/h7-9,11-12,14-17,20,24-25,28-29,32,36H,6,10,13,18-19,21-23H2,1-5H3,(H,45,52)(H,46,51)(H,53,54)(H4,42,43,44);1H4/t25-,28+,29+,32-,36-;/m0./s1. The molecule has 13 nitrogen and oxygen atoms in total. The number of carbonyl (C=O) groups excluding carboxylic acids is 4. The Morgan fingerprint density at radius 3 is 2.15 bits per heavy atom. The molecule has 7 N–H and O–H groups in total. The number of nitrogens with zero attached hydrogens (tertiary/aromatic N) is 3. The molecular weight excluding hydrogens is 722 g/mol. The summed E-state index contributed by atoms with van der Waals surface area (Å²) in [6.45, 7) is 9.60. The van der Waals surface area contributed by atoms with Gasteiger partial charge in [-0.2, -0.15) is 5.10 Å². The topological polar surface area (TPSA) is 212 Å². The third-order valence-corrected chi connectivity index (χ3v) is 9.64. The summed E-state index contributed by atoms with van der Waals surface area (Å²) in [5, 5.41) is 20.7. The molecular formula is C41H58ClN7O6. The molecule has 3 rings (SSSR count). The molecule has 0 bridgehead atoms. The molecule has 0 fully saturated rings. The number of aryl methyl sites for hydroxylation is 1. The Morgan fingerprint density at radius 2 is 1.56 bits per heavy atom. The fourth-order valence-corrected chi connectivity index (χ4v) is 6.40. The van der Waals surface area contributed by atoms with Crippen LogP contribution in [0.5, 0.6) is 0 Å². The van der Waals surface area contributed by atoms with E-state index in [0.29, 0.717) is 35.7 Å². The van der Waals surface area contributed by atoms with Crippen LogP contribution in [0.4, 0.5) is 0 Å². The van der Waals surface area contributed by atoms with Crippen LogP contribution in [-0.2, 0) is 25.6 Å². The predicted octanol–water partition coefficient (Wildman–Crippen LogP) is 5.68. The number of ketones is 2. The van der Waals surface area contributed by atoms with Gasteiger partial charge in [-0.05, 0) is 80.3 Å². The van der Waals surface area contributed by atoms with Crippen LogP contribution in [-0.4, -0.2) is 68.8 Å². The van der Waals surface area contributed by atoms with E-state index in [4.69, 9.17) is 23.1 Å². The molecule has 0 aliphatic rings. The molecule has 5 atom stereocenters. The van der Waals surface area contributed by atoms with Crippen LogP contribution < -0.4 is 22.1 Å². The molecule has 1 aromatic heterocycles. The number of carboxylic acid groups (broad SMARTS) is 1. The molecule has 14 heteroatoms. The SMILES string of the molecule is C.CC[C@H](C)[C@H](NC(=O)[C@@H](CC(=O)[C@H](CCCN=C(N)N)NC(=O)c1cc(C)n(-c2ccc(Cl)cc2)n1)CC(C)C)C(=O)C[C@@H](Cc1ccccc1)C(=O)O. The molecule has 0 aliphatic carbocycles. The summed E-state index contributed by atoms with van der Waals surface area (Å²) in [5.74, 6) is -5.05. The maximum Gasteiger partial charge on any atom is 0.307 e. The zero-order valence-electron chi connectivity index (χ0n) is 31.8. The number of guanidine groups is 1. The fraction of sp³-hybridized carbons (Fsp3) is 0.488. The van der Waals surface area contributed by atoms with Gasteiger partial charge in [0.05, 0.1) is 23.7 Å². The van der Waals surface area contributed by atoms with Crippen molar-refractivity contribution in [3.8, 4) is 5.69 Å². The molecule has 0 saturated heterocycles. The second-order valence-corrected chi connectivity index (χ2v) is 14.7. The van der Waals surface area contributed by atoms with Crippen LogP contribution in [0, 0.1) is 30.6 Å². The van der Waals surface area contributed by atoms with Crippen molar-refractivity contribution in [2.75, 3.05) is 6.54 Å². The average Bonchev–Trinajstić information content (AvgIpc) is 3.52. The van der Waals surface area contributed by atoms with Gasteiger partial charge in [-0.1, -0.05) is 83.5 Å². The first-order chi connectivity index (χ1) is 25.6. The van der Waals surface area contributed by atoms with E-state index in [1.807, 2.05) is 58.0 Å². The van der Waals surface area contributed by atoms with Crippen LogP contribution in [0.1, 0.15) is 95.4 Å². The van der Waals surface area contributed by atoms with Crippen molar-refractivity contribution in [1.29, 1.82) is 0 Å². The minimum absolute atomic E-state index is 0. The second kappa shape index (κ2) is 22.4. The van der Waals surface area contributed by atoms with Crippen molar-refractivity contribution in [2.24, 2.45) is 40.1 Å². The Balaban J connectivity index is 0.0000105. The molecule has 2 aromatic carbocycles. The highest BCUT2D eigenvalue weighted by atomic mass is 35.5. The number of nitrogens with one attached hydrogen (secondary N) is 2. The summed E-state index contributed by atoms with van der Waals surface area (Å²) >= 11 is 6.04. The van der Waals surface area contributed by atoms with Gasteiger partial charge in [-0.25, -0.2) is 4.68 Å². The first kappa shape index (κ1) is 46.1. The predicted molar refractivity (Wildman–Crippen MR) is 216 cm³/mol. The Hall–Kier alpha value is -5.04. The lowest BCUT2D eigenvalue weighted by Crippen LogP contribution is -2.49. The molecule has 0 unspecified atom stereocenters. The van der Waals surface area contributed by atoms with E-state index in [1.54, 1.807) is 41.9 Å². The quantitative estimate of drug-likeness (QED) is 0.0482. The van der Waals surface area contributed by atoms with Gasteiger partial charge in [0.2, 0.25) is 5.91 Å². The number of Topliss-reactive ketones (excluding diaryl/α,β-unsaturated/α-hetero) is 2. The zero-order chi connectivity index (χ0) is 39.9. The Morgan fingerprint density at radius 1 is 0.927 bits per heavy atom. The van der Waals surface area contributed by atoms with E-state index in [-0.39, 0.29) is 74.7 Å². The lowest BCUT2D eigenvalue weighted by molar-refractivity contribution is -0.144. The summed E-state index contributed by atoms with van der Waals surface area (Å²) in [6, 6.07) is 15.7. The lowest BCUT2D eigenvalue weighted by Gasteiger charge is -2.28. The number of hydrogen-bond donors (Lipinski definition) is 5. The summed E-state index contributed by atoms with van der Waals surface area (Å²) in [7, 11) is 0. The van der Waals surface area contributed by atoms with Crippen molar-refractivity contribution in [1.82, 2.24) is 20.4 Å². The van der Waals surface area contributed by atoms with E-state index in [1.165, 1.54) is 0 Å². The van der Waals surface area contributed by atoms with Crippen molar-refractivity contribution < 1.29 is 29.1 Å². The number of amides is 2. The largest absolute Gasteiger partial charge is 0.481 e. The minimum atomic E-state index is -1.09. The summed E-state index contributed by atoms with van der Waals surface area (Å²) in [6.07, 6.45) is 1.16. The van der Waals surface area contributed by atoms with E-state index in [2.05, 4.69) is 20.7 Å². The van der Waals surface area contributed by atoms with Crippen LogP contribution in [0.3, 0.4) is 0 Å². The van der Waals surface area contributed by atoms with Crippen LogP contribution in [0.15, 0.2) is 65.7 Å². The number of aliphatic carboxylic acids is 1. The zero-order valence-corrected chi connectivity index (χ0v) is 32.5. The van der Waals surface area contributed by atoms with E-state index >= 15 is 0 Å². The van der Waals surface area contributed by atoms with Gasteiger partial charge in [0, 0.05) is 36.0 Å². The molecule has 0 saturated carbocycles. The van der Waals surface area contributed by atoms with E-state index in [9.17, 15) is 29.1 Å². The van der Waals surface area contributed by atoms with Crippen molar-refractivity contribution in [3.05, 3.63) is 82.6 Å². The second-order valence-electron chi connectivity index (χ2n) is 14.3. The molecule has 0 spiro atoms. The monoisotopic (exact) mass is 779 g/mol. The minimum Gasteiger partial charge on any atom is -0.481 e. The third kappa shape index (κ3) is 14.6. The number of benzene rings is 2. The molecule has 2 amide bonds. The van der Waals surface area contributed by atoms with Crippen molar-refractivity contribution in [2.45, 2.75) is 99.1 Å². The number of aliphatic imine (C=N–C) groups is 1. The highest BCUT2D eigenvalue weighted by molar-refractivity contribution is 6.30. The van der Waals surface area contributed by atoms with Crippen LogP contribution in [0.25, 0.3) is 5.69 Å². The van der Waals surface area contributed by atoms with Crippen molar-refractivity contribution >= 4 is 46.9 Å². The van der Waals surface area contributed by atoms with Gasteiger partial charge < -0.3 is 27.2 Å². The number of hydrogen-bond acceptors (Lipinski definition) is 7. The van der Waals surface area contributed by atoms with Gasteiger partial charge in [-0.15, -0.1) is 0 Å². The molecule has 300 valence electrons. The molecule has 3 aromatic rings. The number of halogens is 1. The van der Waals surface area contributed by atoms with Gasteiger partial charge >= 0.3 is 5.97 Å². The Labute approximate surface area is 329 Å². The maximum atomic E-state index is 14.0. The first-order valence-corrected chi connectivity index (χ1v) is 18.8. The fourth-order valence-electron chi connectivity index (χ4n) is 6.28. The molecule has 0 aliphatic heterocycles. The van der Waals surface area contributed by atoms with E-state index in [0.717, 1.165) is 5.56 Å².